The summed E-state index contributed by atoms with van der Waals surface area (Å²) in [7, 11) is 0. The van der Waals surface area contributed by atoms with Crippen molar-refractivity contribution < 1.29 is 19.5 Å². The molecule has 0 saturated heterocycles. The molecule has 10 nitrogen and oxygen atoms in total. The first-order chi connectivity index (χ1) is 20.2. The van der Waals surface area contributed by atoms with E-state index in [1.54, 1.807) is 79.7 Å². The van der Waals surface area contributed by atoms with E-state index in [4.69, 9.17) is 0 Å². The Labute approximate surface area is 242 Å². The number of hydrogen-bond acceptors (Lipinski definition) is 5. The van der Waals surface area contributed by atoms with Gasteiger partial charge in [0.25, 0.3) is 5.56 Å². The average molecular weight is 571 g/mol. The summed E-state index contributed by atoms with van der Waals surface area (Å²) < 4.78 is 0.876. The van der Waals surface area contributed by atoms with Gasteiger partial charge in [0.1, 0.15) is 18.1 Å². The third-order valence-electron chi connectivity index (χ3n) is 7.42. The van der Waals surface area contributed by atoms with Crippen LogP contribution in [0.5, 0.6) is 0 Å². The van der Waals surface area contributed by atoms with E-state index in [0.717, 1.165) is 10.1 Å². The molecule has 0 aliphatic heterocycles. The van der Waals surface area contributed by atoms with Crippen LogP contribution in [0.15, 0.2) is 94.5 Å². The van der Waals surface area contributed by atoms with Crippen molar-refractivity contribution >= 4 is 28.7 Å². The van der Waals surface area contributed by atoms with E-state index in [-0.39, 0.29) is 24.1 Å². The molecule has 1 unspecified atom stereocenters. The van der Waals surface area contributed by atoms with Gasteiger partial charge in [-0.25, -0.2) is 14.2 Å². The van der Waals surface area contributed by atoms with E-state index in [9.17, 15) is 29.1 Å². The number of aromatic nitrogens is 2. The molecule has 0 aliphatic rings. The maximum atomic E-state index is 14.0. The summed E-state index contributed by atoms with van der Waals surface area (Å²) >= 11 is 0. The first kappa shape index (κ1) is 30.0. The lowest BCUT2D eigenvalue weighted by molar-refractivity contribution is -0.143. The van der Waals surface area contributed by atoms with Crippen LogP contribution in [-0.4, -0.2) is 44.5 Å². The van der Waals surface area contributed by atoms with Gasteiger partial charge in [0.05, 0.1) is 10.9 Å². The molecule has 0 saturated carbocycles. The van der Waals surface area contributed by atoms with Crippen molar-refractivity contribution in [3.8, 4) is 0 Å². The molecule has 0 bridgehead atoms. The zero-order valence-electron chi connectivity index (χ0n) is 23.4. The molecule has 4 rings (SSSR count). The first-order valence-electron chi connectivity index (χ1n) is 13.8. The average Bonchev–Trinajstić information content (AvgIpc) is 2.99. The Morgan fingerprint density at radius 2 is 1.38 bits per heavy atom. The summed E-state index contributed by atoms with van der Waals surface area (Å²) in [5.74, 6) is -2.95. The van der Waals surface area contributed by atoms with Gasteiger partial charge in [-0.05, 0) is 29.2 Å². The Kier molecular flexibility index (Phi) is 9.69. The highest BCUT2D eigenvalue weighted by Gasteiger charge is 2.33. The van der Waals surface area contributed by atoms with Crippen LogP contribution in [-0.2, 0) is 27.2 Å². The molecule has 3 aromatic carbocycles. The fourth-order valence-electron chi connectivity index (χ4n) is 4.86. The minimum absolute atomic E-state index is 0.00169. The maximum Gasteiger partial charge on any atom is 0.329 e. The van der Waals surface area contributed by atoms with Crippen molar-refractivity contribution in [2.45, 2.75) is 51.2 Å². The number of amides is 2. The SMILES string of the molecule is CCC(C)[C@H](NC(=O)[C@H](Cc1ccccc1)NC(=O)[C@@H](Cc1ccccc1)n1c(=O)[nH]c2ccccc2c1=O)C(=O)O. The third-order valence-corrected chi connectivity index (χ3v) is 7.42. The molecule has 2 amide bonds. The Hall–Kier alpha value is -4.99. The minimum Gasteiger partial charge on any atom is -0.480 e. The lowest BCUT2D eigenvalue weighted by Crippen LogP contribution is -2.56. The van der Waals surface area contributed by atoms with Crippen LogP contribution in [0.2, 0.25) is 0 Å². The zero-order valence-corrected chi connectivity index (χ0v) is 23.4. The molecule has 218 valence electrons. The molecule has 1 aromatic heterocycles. The standard InChI is InChI=1S/C32H34N4O6/c1-3-20(2)27(31(40)41)35-28(37)25(18-21-12-6-4-7-13-21)33-29(38)26(19-22-14-8-5-9-15-22)36-30(39)23-16-10-11-17-24(23)34-32(36)42/h4-17,20,25-27H,3,18-19H2,1-2H3,(H,33,38)(H,34,42)(H,35,37)(H,40,41)/t20?,25-,26+,27-/m0/s1. The molecule has 0 radical (unpaired) electrons. The summed E-state index contributed by atoms with van der Waals surface area (Å²) in [6, 6.07) is 20.8. The Morgan fingerprint density at radius 1 is 0.810 bits per heavy atom. The maximum absolute atomic E-state index is 14.0. The quantitative estimate of drug-likeness (QED) is 0.206. The lowest BCUT2D eigenvalue weighted by atomic mass is 9.97. The van der Waals surface area contributed by atoms with E-state index >= 15 is 0 Å². The van der Waals surface area contributed by atoms with Crippen LogP contribution in [0.25, 0.3) is 10.9 Å². The van der Waals surface area contributed by atoms with Gasteiger partial charge in [-0.15, -0.1) is 0 Å². The summed E-state index contributed by atoms with van der Waals surface area (Å²) in [6.07, 6.45) is 0.574. The topological polar surface area (TPSA) is 150 Å². The Balaban J connectivity index is 1.74. The highest BCUT2D eigenvalue weighted by Crippen LogP contribution is 2.16. The number of nitrogens with zero attached hydrogens (tertiary/aromatic N) is 1. The number of H-pyrrole nitrogens is 1. The Bertz CT molecular complexity index is 1670. The number of benzene rings is 3. The number of fused-ring (bicyclic) bond motifs is 1. The number of hydrogen-bond donors (Lipinski definition) is 4. The number of carbonyl (C=O) groups excluding carboxylic acids is 2. The second kappa shape index (κ2) is 13.6. The van der Waals surface area contributed by atoms with Gasteiger partial charge in [-0.1, -0.05) is 93.1 Å². The Morgan fingerprint density at radius 3 is 1.98 bits per heavy atom. The van der Waals surface area contributed by atoms with Gasteiger partial charge in [0.15, 0.2) is 0 Å². The van der Waals surface area contributed by atoms with Gasteiger partial charge in [0, 0.05) is 12.8 Å². The molecule has 10 heteroatoms. The summed E-state index contributed by atoms with van der Waals surface area (Å²) in [5, 5.41) is 15.3. The van der Waals surface area contributed by atoms with E-state index in [0.29, 0.717) is 17.5 Å². The van der Waals surface area contributed by atoms with Crippen molar-refractivity contribution in [3.63, 3.8) is 0 Å². The van der Waals surface area contributed by atoms with Crippen LogP contribution in [0.4, 0.5) is 0 Å². The monoisotopic (exact) mass is 570 g/mol. The fourth-order valence-corrected chi connectivity index (χ4v) is 4.86. The molecule has 0 aliphatic carbocycles. The molecule has 0 spiro atoms. The summed E-state index contributed by atoms with van der Waals surface area (Å²) in [4.78, 5) is 68.9. The van der Waals surface area contributed by atoms with Crippen LogP contribution < -0.4 is 21.9 Å². The number of carboxylic acid groups (broad SMARTS) is 1. The van der Waals surface area contributed by atoms with Crippen LogP contribution >= 0.6 is 0 Å². The van der Waals surface area contributed by atoms with Crippen LogP contribution in [0.3, 0.4) is 0 Å². The molecule has 4 N–H and O–H groups in total. The van der Waals surface area contributed by atoms with E-state index in [1.165, 1.54) is 0 Å². The lowest BCUT2D eigenvalue weighted by Gasteiger charge is -2.26. The normalized spacial score (nSPS) is 14.0. The van der Waals surface area contributed by atoms with E-state index in [2.05, 4.69) is 15.6 Å². The van der Waals surface area contributed by atoms with Crippen LogP contribution in [0, 0.1) is 5.92 Å². The largest absolute Gasteiger partial charge is 0.480 e. The molecule has 4 aromatic rings. The second-order valence-corrected chi connectivity index (χ2v) is 10.3. The predicted molar refractivity (Wildman–Crippen MR) is 159 cm³/mol. The number of para-hydroxylation sites is 1. The van der Waals surface area contributed by atoms with Gasteiger partial charge in [0.2, 0.25) is 11.8 Å². The van der Waals surface area contributed by atoms with E-state index in [1.807, 2.05) is 19.1 Å². The van der Waals surface area contributed by atoms with Crippen molar-refractivity contribution in [1.29, 1.82) is 0 Å². The smallest absolute Gasteiger partial charge is 0.329 e. The number of nitrogens with one attached hydrogen (secondary N) is 3. The molecule has 42 heavy (non-hydrogen) atoms. The third kappa shape index (κ3) is 7.01. The van der Waals surface area contributed by atoms with Crippen molar-refractivity contribution in [1.82, 2.24) is 20.2 Å². The van der Waals surface area contributed by atoms with Gasteiger partial charge >= 0.3 is 11.7 Å². The van der Waals surface area contributed by atoms with Gasteiger partial charge < -0.3 is 20.7 Å². The molecular formula is C32H34N4O6. The van der Waals surface area contributed by atoms with Gasteiger partial charge in [-0.2, -0.15) is 0 Å². The van der Waals surface area contributed by atoms with Crippen molar-refractivity contribution in [3.05, 3.63) is 117 Å². The molecule has 0 fully saturated rings. The predicted octanol–water partition coefficient (Wildman–Crippen LogP) is 2.82. The molecular weight excluding hydrogens is 536 g/mol. The van der Waals surface area contributed by atoms with Crippen molar-refractivity contribution in [2.24, 2.45) is 5.92 Å². The zero-order chi connectivity index (χ0) is 30.2. The number of rotatable bonds is 12. The fraction of sp³-hybridized carbons (Fsp3) is 0.281. The molecule has 4 atom stereocenters. The molecule has 1 heterocycles. The number of carbonyl (C=O) groups is 3. The van der Waals surface area contributed by atoms with Gasteiger partial charge in [-0.3, -0.25) is 14.4 Å². The number of aromatic amines is 1. The van der Waals surface area contributed by atoms with Crippen molar-refractivity contribution in [2.75, 3.05) is 0 Å². The minimum atomic E-state index is -1.30. The number of carboxylic acids is 1. The van der Waals surface area contributed by atoms with Crippen LogP contribution in [0.1, 0.15) is 37.4 Å². The first-order valence-corrected chi connectivity index (χ1v) is 13.8. The summed E-state index contributed by atoms with van der Waals surface area (Å²) in [6.45, 7) is 3.54. The number of aliphatic carboxylic acids is 1. The highest BCUT2D eigenvalue weighted by molar-refractivity contribution is 5.92. The van der Waals surface area contributed by atoms with E-state index < -0.39 is 47.2 Å². The highest BCUT2D eigenvalue weighted by atomic mass is 16.4. The summed E-state index contributed by atoms with van der Waals surface area (Å²) in [5.41, 5.74) is 0.366. The second-order valence-electron chi connectivity index (χ2n) is 10.3.